The van der Waals surface area contributed by atoms with Crippen molar-refractivity contribution in [2.24, 2.45) is 5.41 Å². The largest absolute Gasteiger partial charge is 0.398 e. The van der Waals surface area contributed by atoms with Crippen LogP contribution in [0, 0.1) is 12.3 Å². The molecule has 1 aromatic rings. The van der Waals surface area contributed by atoms with Gasteiger partial charge in [-0.1, -0.05) is 32.9 Å². The summed E-state index contributed by atoms with van der Waals surface area (Å²) >= 11 is 0. The van der Waals surface area contributed by atoms with Crippen molar-refractivity contribution in [2.45, 2.75) is 32.6 Å². The van der Waals surface area contributed by atoms with Crippen LogP contribution < -0.4 is 10.5 Å². The Morgan fingerprint density at radius 1 is 1.29 bits per heavy atom. The fourth-order valence-corrected chi connectivity index (χ4v) is 3.06. The van der Waals surface area contributed by atoms with Crippen LogP contribution in [0.15, 0.2) is 23.1 Å². The summed E-state index contributed by atoms with van der Waals surface area (Å²) in [5, 5.41) is 0. The van der Waals surface area contributed by atoms with Crippen LogP contribution in [0.1, 0.15) is 26.3 Å². The number of aryl methyl sites for hydroxylation is 1. The molecule has 17 heavy (non-hydrogen) atoms. The maximum absolute atomic E-state index is 12.1. The van der Waals surface area contributed by atoms with Gasteiger partial charge in [0, 0.05) is 6.54 Å². The second-order valence-corrected chi connectivity index (χ2v) is 7.08. The Hall–Kier alpha value is -1.07. The van der Waals surface area contributed by atoms with Crippen LogP contribution in [0.5, 0.6) is 0 Å². The highest BCUT2D eigenvalue weighted by atomic mass is 32.2. The molecular formula is C12H20N2O2S. The van der Waals surface area contributed by atoms with Crippen molar-refractivity contribution in [3.63, 3.8) is 0 Å². The summed E-state index contributed by atoms with van der Waals surface area (Å²) in [6, 6.07) is 5.08. The Kier molecular flexibility index (Phi) is 3.84. The van der Waals surface area contributed by atoms with Crippen molar-refractivity contribution >= 4 is 15.7 Å². The fraction of sp³-hybridized carbons (Fsp3) is 0.500. The molecule has 0 atom stereocenters. The lowest BCUT2D eigenvalue weighted by atomic mass is 9.98. The Bertz CT molecular complexity index is 481. The number of sulfonamides is 1. The first-order valence-corrected chi connectivity index (χ1v) is 6.96. The quantitative estimate of drug-likeness (QED) is 0.811. The number of anilines is 1. The Morgan fingerprint density at radius 2 is 1.88 bits per heavy atom. The van der Waals surface area contributed by atoms with Crippen LogP contribution >= 0.6 is 0 Å². The number of benzene rings is 1. The topological polar surface area (TPSA) is 72.2 Å². The van der Waals surface area contributed by atoms with E-state index in [1.165, 1.54) is 0 Å². The van der Waals surface area contributed by atoms with Crippen molar-refractivity contribution in [2.75, 3.05) is 12.3 Å². The van der Waals surface area contributed by atoms with Gasteiger partial charge in [0.1, 0.15) is 4.90 Å². The first kappa shape index (κ1) is 14.0. The van der Waals surface area contributed by atoms with Crippen molar-refractivity contribution in [1.29, 1.82) is 0 Å². The van der Waals surface area contributed by atoms with Crippen LogP contribution in [0.2, 0.25) is 0 Å². The first-order chi connectivity index (χ1) is 7.63. The van der Waals surface area contributed by atoms with E-state index in [0.717, 1.165) is 0 Å². The maximum Gasteiger partial charge on any atom is 0.242 e. The Morgan fingerprint density at radius 3 is 2.35 bits per heavy atom. The lowest BCUT2D eigenvalue weighted by Crippen LogP contribution is -2.33. The maximum atomic E-state index is 12.1. The molecule has 0 aliphatic carbocycles. The predicted molar refractivity (Wildman–Crippen MR) is 70.2 cm³/mol. The van der Waals surface area contributed by atoms with Gasteiger partial charge in [0.15, 0.2) is 0 Å². The van der Waals surface area contributed by atoms with Crippen molar-refractivity contribution in [3.05, 3.63) is 23.8 Å². The smallest absolute Gasteiger partial charge is 0.242 e. The molecule has 0 aliphatic rings. The van der Waals surface area contributed by atoms with Gasteiger partial charge in [-0.25, -0.2) is 13.1 Å². The third-order valence-electron chi connectivity index (χ3n) is 2.30. The average molecular weight is 256 g/mol. The van der Waals surface area contributed by atoms with Crippen molar-refractivity contribution < 1.29 is 8.42 Å². The standard InChI is InChI=1S/C12H20N2O2S/c1-9-6-5-7-10(13)11(9)17(15,16)14-8-12(2,3)4/h5-7,14H,8,13H2,1-4H3. The summed E-state index contributed by atoms with van der Waals surface area (Å²) in [5.74, 6) is 0. The van der Waals surface area contributed by atoms with E-state index in [1.807, 2.05) is 20.8 Å². The molecule has 3 N–H and O–H groups in total. The van der Waals surface area contributed by atoms with E-state index in [2.05, 4.69) is 4.72 Å². The van der Waals surface area contributed by atoms with Crippen LogP contribution in [-0.2, 0) is 10.0 Å². The molecule has 0 aromatic heterocycles. The molecule has 96 valence electrons. The molecule has 1 rings (SSSR count). The van der Waals surface area contributed by atoms with Crippen LogP contribution in [0.4, 0.5) is 5.69 Å². The van der Waals surface area contributed by atoms with Crippen LogP contribution in [0.3, 0.4) is 0 Å². The van der Waals surface area contributed by atoms with Gasteiger partial charge in [0.2, 0.25) is 10.0 Å². The zero-order valence-electron chi connectivity index (χ0n) is 10.7. The lowest BCUT2D eigenvalue weighted by molar-refractivity contribution is 0.407. The lowest BCUT2D eigenvalue weighted by Gasteiger charge is -2.19. The summed E-state index contributed by atoms with van der Waals surface area (Å²) in [5.41, 5.74) is 6.56. The van der Waals surface area contributed by atoms with Crippen molar-refractivity contribution in [3.8, 4) is 0 Å². The number of nitrogens with one attached hydrogen (secondary N) is 1. The minimum absolute atomic E-state index is 0.107. The molecule has 0 bridgehead atoms. The number of hydrogen-bond acceptors (Lipinski definition) is 3. The van der Waals surface area contributed by atoms with E-state index in [1.54, 1.807) is 25.1 Å². The number of rotatable bonds is 3. The second kappa shape index (κ2) is 4.66. The number of nitrogens with two attached hydrogens (primary N) is 1. The highest BCUT2D eigenvalue weighted by Crippen LogP contribution is 2.22. The summed E-state index contributed by atoms with van der Waals surface area (Å²) < 4.78 is 26.8. The van der Waals surface area contributed by atoms with E-state index in [-0.39, 0.29) is 16.0 Å². The molecule has 0 aliphatic heterocycles. The van der Waals surface area contributed by atoms with Gasteiger partial charge < -0.3 is 5.73 Å². The van der Waals surface area contributed by atoms with Gasteiger partial charge in [-0.3, -0.25) is 0 Å². The molecule has 5 heteroatoms. The number of hydrogen-bond donors (Lipinski definition) is 2. The summed E-state index contributed by atoms with van der Waals surface area (Å²) in [6.45, 7) is 8.02. The van der Waals surface area contributed by atoms with Gasteiger partial charge in [-0.05, 0) is 24.0 Å². The molecule has 0 radical (unpaired) electrons. The molecule has 0 spiro atoms. The zero-order valence-corrected chi connectivity index (χ0v) is 11.6. The highest BCUT2D eigenvalue weighted by molar-refractivity contribution is 7.89. The van der Waals surface area contributed by atoms with E-state index in [9.17, 15) is 8.42 Å². The summed E-state index contributed by atoms with van der Waals surface area (Å²) in [7, 11) is -3.53. The second-order valence-electron chi connectivity index (χ2n) is 5.38. The highest BCUT2D eigenvalue weighted by Gasteiger charge is 2.22. The zero-order chi connectivity index (χ0) is 13.3. The SMILES string of the molecule is Cc1cccc(N)c1S(=O)(=O)NCC(C)(C)C. The molecule has 4 nitrogen and oxygen atoms in total. The third-order valence-corrected chi connectivity index (χ3v) is 3.92. The molecule has 0 amide bonds. The fourth-order valence-electron chi connectivity index (χ4n) is 1.43. The third kappa shape index (κ3) is 3.71. The van der Waals surface area contributed by atoms with E-state index in [4.69, 9.17) is 5.73 Å². The van der Waals surface area contributed by atoms with Gasteiger partial charge in [0.05, 0.1) is 5.69 Å². The van der Waals surface area contributed by atoms with E-state index >= 15 is 0 Å². The first-order valence-electron chi connectivity index (χ1n) is 5.48. The molecule has 0 unspecified atom stereocenters. The molecule has 0 fully saturated rings. The van der Waals surface area contributed by atoms with Gasteiger partial charge in [-0.2, -0.15) is 0 Å². The van der Waals surface area contributed by atoms with Gasteiger partial charge in [-0.15, -0.1) is 0 Å². The van der Waals surface area contributed by atoms with Crippen LogP contribution in [-0.4, -0.2) is 15.0 Å². The van der Waals surface area contributed by atoms with E-state index in [0.29, 0.717) is 12.1 Å². The minimum Gasteiger partial charge on any atom is -0.398 e. The summed E-state index contributed by atoms with van der Waals surface area (Å²) in [4.78, 5) is 0.184. The van der Waals surface area contributed by atoms with Crippen LogP contribution in [0.25, 0.3) is 0 Å². The molecule has 0 saturated heterocycles. The minimum atomic E-state index is -3.53. The normalized spacial score (nSPS) is 12.7. The Labute approximate surface area is 103 Å². The monoisotopic (exact) mass is 256 g/mol. The predicted octanol–water partition coefficient (Wildman–Crippen LogP) is 1.90. The summed E-state index contributed by atoms with van der Waals surface area (Å²) in [6.07, 6.45) is 0. The van der Waals surface area contributed by atoms with E-state index < -0.39 is 10.0 Å². The van der Waals surface area contributed by atoms with Crippen molar-refractivity contribution in [1.82, 2.24) is 4.72 Å². The molecular weight excluding hydrogens is 236 g/mol. The average Bonchev–Trinajstić information content (AvgIpc) is 2.13. The number of nitrogen functional groups attached to an aromatic ring is 1. The molecule has 0 heterocycles. The Balaban J connectivity index is 3.06. The van der Waals surface area contributed by atoms with Gasteiger partial charge >= 0.3 is 0 Å². The molecule has 1 aromatic carbocycles. The van der Waals surface area contributed by atoms with Gasteiger partial charge in [0.25, 0.3) is 0 Å². The molecule has 0 saturated carbocycles.